The number of benzene rings is 2. The van der Waals surface area contributed by atoms with Gasteiger partial charge in [-0.1, -0.05) is 23.7 Å². The maximum Gasteiger partial charge on any atom is 0.231 e. The lowest BCUT2D eigenvalue weighted by atomic mass is 10.1. The van der Waals surface area contributed by atoms with Crippen molar-refractivity contribution in [2.75, 3.05) is 18.7 Å². The maximum absolute atomic E-state index is 6.16. The molecule has 0 spiro atoms. The van der Waals surface area contributed by atoms with Gasteiger partial charge in [0.15, 0.2) is 11.5 Å². The highest BCUT2D eigenvalue weighted by Gasteiger charge is 2.17. The van der Waals surface area contributed by atoms with Crippen molar-refractivity contribution >= 4 is 17.3 Å². The summed E-state index contributed by atoms with van der Waals surface area (Å²) in [5.74, 6) is 1.53. The lowest BCUT2D eigenvalue weighted by molar-refractivity contribution is 0.174. The van der Waals surface area contributed by atoms with Gasteiger partial charge in [-0.25, -0.2) is 0 Å². The number of anilines is 1. The zero-order valence-corrected chi connectivity index (χ0v) is 12.5. The van der Waals surface area contributed by atoms with Crippen LogP contribution in [0.15, 0.2) is 36.4 Å². The fourth-order valence-corrected chi connectivity index (χ4v) is 2.47. The molecule has 0 bridgehead atoms. The summed E-state index contributed by atoms with van der Waals surface area (Å²) in [5.41, 5.74) is 8.95. The second-order valence-corrected chi connectivity index (χ2v) is 5.42. The average Bonchev–Trinajstić information content (AvgIpc) is 2.95. The van der Waals surface area contributed by atoms with Crippen molar-refractivity contribution in [3.05, 3.63) is 52.5 Å². The van der Waals surface area contributed by atoms with Crippen molar-refractivity contribution < 1.29 is 9.47 Å². The fraction of sp³-hybridized carbons (Fsp3) is 0.250. The number of halogens is 1. The van der Waals surface area contributed by atoms with Gasteiger partial charge in [0.05, 0.1) is 6.04 Å². The van der Waals surface area contributed by atoms with Gasteiger partial charge in [0.2, 0.25) is 6.79 Å². The molecule has 2 aromatic rings. The normalized spacial score (nSPS) is 14.0. The van der Waals surface area contributed by atoms with Gasteiger partial charge in [-0.05, 0) is 42.3 Å². The molecule has 2 aromatic carbocycles. The van der Waals surface area contributed by atoms with E-state index in [0.717, 1.165) is 33.3 Å². The van der Waals surface area contributed by atoms with Crippen molar-refractivity contribution in [1.29, 1.82) is 0 Å². The van der Waals surface area contributed by atoms with Crippen molar-refractivity contribution in [2.24, 2.45) is 5.73 Å². The summed E-state index contributed by atoms with van der Waals surface area (Å²) < 4.78 is 10.7. The number of hydrogen-bond donors (Lipinski definition) is 2. The smallest absolute Gasteiger partial charge is 0.231 e. The summed E-state index contributed by atoms with van der Waals surface area (Å²) in [4.78, 5) is 0. The van der Waals surface area contributed by atoms with Crippen LogP contribution in [0.4, 0.5) is 5.69 Å². The van der Waals surface area contributed by atoms with Crippen LogP contribution in [0.25, 0.3) is 0 Å². The van der Waals surface area contributed by atoms with E-state index >= 15 is 0 Å². The lowest BCUT2D eigenvalue weighted by Crippen LogP contribution is -2.20. The van der Waals surface area contributed by atoms with Crippen molar-refractivity contribution in [2.45, 2.75) is 13.0 Å². The van der Waals surface area contributed by atoms with Crippen LogP contribution in [0, 0.1) is 6.92 Å². The molecule has 0 radical (unpaired) electrons. The van der Waals surface area contributed by atoms with Crippen LogP contribution >= 0.6 is 11.6 Å². The Kier molecular flexibility index (Phi) is 3.90. The average molecular weight is 305 g/mol. The fourth-order valence-electron chi connectivity index (χ4n) is 2.29. The van der Waals surface area contributed by atoms with E-state index in [1.807, 2.05) is 43.3 Å². The number of nitrogens with two attached hydrogens (primary N) is 1. The van der Waals surface area contributed by atoms with E-state index in [-0.39, 0.29) is 12.8 Å². The summed E-state index contributed by atoms with van der Waals surface area (Å²) in [6.07, 6.45) is 0. The molecule has 0 saturated carbocycles. The Labute approximate surface area is 128 Å². The van der Waals surface area contributed by atoms with E-state index in [0.29, 0.717) is 6.54 Å². The Bertz CT molecular complexity index is 661. The Morgan fingerprint density at radius 2 is 2.00 bits per heavy atom. The van der Waals surface area contributed by atoms with E-state index in [2.05, 4.69) is 5.32 Å². The van der Waals surface area contributed by atoms with Gasteiger partial charge < -0.3 is 20.5 Å². The molecule has 0 aliphatic carbocycles. The van der Waals surface area contributed by atoms with Crippen LogP contribution in [0.5, 0.6) is 11.5 Å². The molecule has 3 N–H and O–H groups in total. The standard InChI is InChI=1S/C16H17ClN2O2/c1-10-2-4-12(7-13(10)17)19-14(8-18)11-3-5-15-16(6-11)21-9-20-15/h2-7,14,19H,8-9,18H2,1H3. The second-order valence-electron chi connectivity index (χ2n) is 5.01. The predicted octanol–water partition coefficient (Wildman–Crippen LogP) is 3.49. The van der Waals surface area contributed by atoms with Crippen molar-refractivity contribution in [3.63, 3.8) is 0 Å². The number of nitrogens with one attached hydrogen (secondary N) is 1. The van der Waals surface area contributed by atoms with Gasteiger partial charge in [0.25, 0.3) is 0 Å². The summed E-state index contributed by atoms with van der Waals surface area (Å²) >= 11 is 6.16. The van der Waals surface area contributed by atoms with E-state index in [9.17, 15) is 0 Å². The third-order valence-corrected chi connectivity index (χ3v) is 3.95. The number of rotatable bonds is 4. The molecule has 5 heteroatoms. The largest absolute Gasteiger partial charge is 0.454 e. The van der Waals surface area contributed by atoms with Crippen molar-refractivity contribution in [1.82, 2.24) is 0 Å². The number of ether oxygens (including phenoxy) is 2. The molecule has 1 unspecified atom stereocenters. The second kappa shape index (κ2) is 5.84. The zero-order valence-electron chi connectivity index (χ0n) is 11.7. The first-order valence-electron chi connectivity index (χ1n) is 6.79. The highest BCUT2D eigenvalue weighted by molar-refractivity contribution is 6.31. The van der Waals surface area contributed by atoms with Crippen LogP contribution in [0.1, 0.15) is 17.2 Å². The van der Waals surface area contributed by atoms with E-state index in [4.69, 9.17) is 26.8 Å². The van der Waals surface area contributed by atoms with E-state index in [1.54, 1.807) is 0 Å². The minimum absolute atomic E-state index is 0.0155. The first kappa shape index (κ1) is 14.0. The Morgan fingerprint density at radius 1 is 1.19 bits per heavy atom. The molecule has 4 nitrogen and oxygen atoms in total. The van der Waals surface area contributed by atoms with Gasteiger partial charge in [0.1, 0.15) is 0 Å². The minimum atomic E-state index is -0.0155. The van der Waals surface area contributed by atoms with Gasteiger partial charge >= 0.3 is 0 Å². The summed E-state index contributed by atoms with van der Waals surface area (Å²) in [6, 6.07) is 11.7. The third kappa shape index (κ3) is 2.91. The molecule has 1 aliphatic heterocycles. The molecule has 110 valence electrons. The predicted molar refractivity (Wildman–Crippen MR) is 84.2 cm³/mol. The van der Waals surface area contributed by atoms with Gasteiger partial charge in [-0.2, -0.15) is 0 Å². The molecule has 3 rings (SSSR count). The first-order chi connectivity index (χ1) is 10.2. The molecule has 0 saturated heterocycles. The first-order valence-corrected chi connectivity index (χ1v) is 7.17. The monoisotopic (exact) mass is 304 g/mol. The van der Waals surface area contributed by atoms with Crippen LogP contribution in [-0.2, 0) is 0 Å². The maximum atomic E-state index is 6.16. The summed E-state index contributed by atoms with van der Waals surface area (Å²) in [7, 11) is 0. The Hall–Kier alpha value is -1.91. The van der Waals surface area contributed by atoms with Gasteiger partial charge in [-0.15, -0.1) is 0 Å². The molecule has 1 heterocycles. The third-order valence-electron chi connectivity index (χ3n) is 3.55. The molecule has 21 heavy (non-hydrogen) atoms. The van der Waals surface area contributed by atoms with Crippen LogP contribution in [0.2, 0.25) is 5.02 Å². The molecular formula is C16H17ClN2O2. The molecule has 0 aromatic heterocycles. The van der Waals surface area contributed by atoms with Crippen molar-refractivity contribution in [3.8, 4) is 11.5 Å². The molecule has 0 fully saturated rings. The summed E-state index contributed by atoms with van der Waals surface area (Å²) in [6.45, 7) is 2.71. The Morgan fingerprint density at radius 3 is 2.76 bits per heavy atom. The molecule has 1 atom stereocenters. The molecular weight excluding hydrogens is 288 g/mol. The summed E-state index contributed by atoms with van der Waals surface area (Å²) in [5, 5.41) is 4.14. The number of hydrogen-bond acceptors (Lipinski definition) is 4. The number of aryl methyl sites for hydroxylation is 1. The van der Waals surface area contributed by atoms with Crippen LogP contribution in [-0.4, -0.2) is 13.3 Å². The lowest BCUT2D eigenvalue weighted by Gasteiger charge is -2.19. The van der Waals surface area contributed by atoms with E-state index in [1.165, 1.54) is 0 Å². The SMILES string of the molecule is Cc1ccc(NC(CN)c2ccc3c(c2)OCO3)cc1Cl. The van der Waals surface area contributed by atoms with Gasteiger partial charge in [-0.3, -0.25) is 0 Å². The molecule has 1 aliphatic rings. The quantitative estimate of drug-likeness (QED) is 0.908. The number of fused-ring (bicyclic) bond motifs is 1. The highest BCUT2D eigenvalue weighted by Crippen LogP contribution is 2.35. The molecule has 0 amide bonds. The highest BCUT2D eigenvalue weighted by atomic mass is 35.5. The zero-order chi connectivity index (χ0) is 14.8. The minimum Gasteiger partial charge on any atom is -0.454 e. The topological polar surface area (TPSA) is 56.5 Å². The Balaban J connectivity index is 1.83. The van der Waals surface area contributed by atoms with Crippen LogP contribution in [0.3, 0.4) is 0 Å². The van der Waals surface area contributed by atoms with Gasteiger partial charge in [0, 0.05) is 17.3 Å². The van der Waals surface area contributed by atoms with Crippen LogP contribution < -0.4 is 20.5 Å². The van der Waals surface area contributed by atoms with E-state index < -0.39 is 0 Å².